The molecule has 0 aromatic heterocycles. The third-order valence-corrected chi connectivity index (χ3v) is 4.45. The van der Waals surface area contributed by atoms with Crippen molar-refractivity contribution in [1.82, 2.24) is 10.6 Å². The fourth-order valence-corrected chi connectivity index (χ4v) is 3.06. The van der Waals surface area contributed by atoms with Gasteiger partial charge in [-0.05, 0) is 24.6 Å². The molecule has 3 rings (SSSR count). The zero-order chi connectivity index (χ0) is 20.1. The van der Waals surface area contributed by atoms with Crippen LogP contribution in [0.15, 0.2) is 59.8 Å². The summed E-state index contributed by atoms with van der Waals surface area (Å²) in [4.78, 5) is 24.9. The van der Waals surface area contributed by atoms with E-state index in [4.69, 9.17) is 14.2 Å². The fraction of sp³-hybridized carbons (Fsp3) is 0.238. The van der Waals surface area contributed by atoms with Crippen molar-refractivity contribution in [3.63, 3.8) is 0 Å². The molecule has 1 aliphatic heterocycles. The number of hydrogen-bond donors (Lipinski definition) is 2. The van der Waals surface area contributed by atoms with Gasteiger partial charge in [-0.3, -0.25) is 0 Å². The van der Waals surface area contributed by atoms with Crippen molar-refractivity contribution in [1.29, 1.82) is 0 Å². The van der Waals surface area contributed by atoms with Crippen molar-refractivity contribution in [2.45, 2.75) is 19.6 Å². The van der Waals surface area contributed by atoms with E-state index in [1.165, 1.54) is 7.11 Å². The molecule has 0 saturated carbocycles. The Hall–Kier alpha value is -3.48. The predicted molar refractivity (Wildman–Crippen MR) is 103 cm³/mol. The van der Waals surface area contributed by atoms with Gasteiger partial charge in [0.25, 0.3) is 0 Å². The van der Waals surface area contributed by atoms with E-state index in [0.29, 0.717) is 28.3 Å². The molecule has 0 bridgehead atoms. The van der Waals surface area contributed by atoms with E-state index in [2.05, 4.69) is 10.6 Å². The van der Waals surface area contributed by atoms with Gasteiger partial charge in [0.15, 0.2) is 0 Å². The van der Waals surface area contributed by atoms with Gasteiger partial charge in [0.2, 0.25) is 0 Å². The molecule has 0 spiro atoms. The van der Waals surface area contributed by atoms with Crippen molar-refractivity contribution in [3.8, 4) is 11.5 Å². The number of allylic oxidation sites excluding steroid dienone is 1. The predicted octanol–water partition coefficient (Wildman–Crippen LogP) is 3.08. The Bertz CT molecular complexity index is 908. The van der Waals surface area contributed by atoms with Crippen LogP contribution in [0.5, 0.6) is 11.5 Å². The van der Waals surface area contributed by atoms with E-state index < -0.39 is 18.0 Å². The minimum atomic E-state index is -0.710. The lowest BCUT2D eigenvalue weighted by molar-refractivity contribution is -0.140. The molecule has 146 valence electrons. The highest BCUT2D eigenvalue weighted by Gasteiger charge is 2.34. The first-order valence-electron chi connectivity index (χ1n) is 8.74. The standard InChI is InChI=1S/C21H22N2O5/c1-13-18(20(24)28-12-14-7-5-4-6-8-14)19(23-21(25)22-13)16-10-9-15(26-2)11-17(16)27-3/h4-11,19H,12H2,1-3H3,(H2,22,23,25)/t19-/m1/s1. The van der Waals surface area contributed by atoms with Crippen LogP contribution in [0, 0.1) is 0 Å². The second-order valence-corrected chi connectivity index (χ2v) is 6.24. The molecule has 28 heavy (non-hydrogen) atoms. The molecular formula is C21H22N2O5. The SMILES string of the molecule is COc1ccc([C@H]2NC(=O)NC(C)=C2C(=O)OCc2ccccc2)c(OC)c1. The summed E-state index contributed by atoms with van der Waals surface area (Å²) in [6.45, 7) is 1.80. The number of ether oxygens (including phenoxy) is 3. The van der Waals surface area contributed by atoms with E-state index >= 15 is 0 Å². The van der Waals surface area contributed by atoms with E-state index in [1.54, 1.807) is 32.2 Å². The van der Waals surface area contributed by atoms with Crippen molar-refractivity contribution in [3.05, 3.63) is 70.9 Å². The first-order valence-corrected chi connectivity index (χ1v) is 8.74. The Morgan fingerprint density at radius 3 is 2.50 bits per heavy atom. The van der Waals surface area contributed by atoms with Gasteiger partial charge in [-0.25, -0.2) is 9.59 Å². The van der Waals surface area contributed by atoms with Crippen molar-refractivity contribution in [2.24, 2.45) is 0 Å². The number of nitrogens with one attached hydrogen (secondary N) is 2. The molecule has 0 fully saturated rings. The molecular weight excluding hydrogens is 360 g/mol. The lowest BCUT2D eigenvalue weighted by atomic mass is 9.94. The van der Waals surface area contributed by atoms with E-state index in [9.17, 15) is 9.59 Å². The summed E-state index contributed by atoms with van der Waals surface area (Å²) in [6, 6.07) is 13.5. The van der Waals surface area contributed by atoms with Crippen LogP contribution in [-0.2, 0) is 16.1 Å². The number of urea groups is 1. The quantitative estimate of drug-likeness (QED) is 0.750. The summed E-state index contributed by atoms with van der Waals surface area (Å²) in [7, 11) is 3.07. The fourth-order valence-electron chi connectivity index (χ4n) is 3.06. The van der Waals surface area contributed by atoms with Gasteiger partial charge in [-0.15, -0.1) is 0 Å². The lowest BCUT2D eigenvalue weighted by Crippen LogP contribution is -2.45. The number of hydrogen-bond acceptors (Lipinski definition) is 5. The molecule has 7 nitrogen and oxygen atoms in total. The summed E-state index contributed by atoms with van der Waals surface area (Å²) in [5, 5.41) is 5.41. The average Bonchev–Trinajstić information content (AvgIpc) is 2.71. The molecule has 0 radical (unpaired) electrons. The van der Waals surface area contributed by atoms with Crippen LogP contribution < -0.4 is 20.1 Å². The number of esters is 1. The van der Waals surface area contributed by atoms with Crippen molar-refractivity contribution >= 4 is 12.0 Å². The molecule has 2 aromatic rings. The topological polar surface area (TPSA) is 85.9 Å². The number of benzene rings is 2. The number of carbonyl (C=O) groups excluding carboxylic acids is 2. The van der Waals surface area contributed by atoms with Crippen molar-refractivity contribution in [2.75, 3.05) is 14.2 Å². The van der Waals surface area contributed by atoms with E-state index in [1.807, 2.05) is 30.3 Å². The van der Waals surface area contributed by atoms with Gasteiger partial charge in [0, 0.05) is 17.3 Å². The molecule has 1 atom stereocenters. The second-order valence-electron chi connectivity index (χ2n) is 6.24. The van der Waals surface area contributed by atoms with Crippen LogP contribution >= 0.6 is 0 Å². The molecule has 0 aliphatic carbocycles. The van der Waals surface area contributed by atoms with Gasteiger partial charge in [-0.1, -0.05) is 30.3 Å². The maximum atomic E-state index is 12.9. The normalized spacial score (nSPS) is 16.1. The second kappa shape index (κ2) is 8.47. The highest BCUT2D eigenvalue weighted by Crippen LogP contribution is 2.35. The van der Waals surface area contributed by atoms with Crippen LogP contribution in [0.3, 0.4) is 0 Å². The Labute approximate surface area is 163 Å². The van der Waals surface area contributed by atoms with Gasteiger partial charge in [0.05, 0.1) is 25.8 Å². The zero-order valence-corrected chi connectivity index (χ0v) is 15.9. The molecule has 7 heteroatoms. The summed E-state index contributed by atoms with van der Waals surface area (Å²) in [5.74, 6) is 0.583. The van der Waals surface area contributed by atoms with Gasteiger partial charge >= 0.3 is 12.0 Å². The maximum Gasteiger partial charge on any atom is 0.338 e. The zero-order valence-electron chi connectivity index (χ0n) is 15.9. The van der Waals surface area contributed by atoms with E-state index in [0.717, 1.165) is 5.56 Å². The minimum Gasteiger partial charge on any atom is -0.497 e. The Morgan fingerprint density at radius 1 is 1.07 bits per heavy atom. The van der Waals surface area contributed by atoms with Gasteiger partial charge in [0.1, 0.15) is 18.1 Å². The Balaban J connectivity index is 1.91. The summed E-state index contributed by atoms with van der Waals surface area (Å²) in [6.07, 6.45) is 0. The smallest absolute Gasteiger partial charge is 0.338 e. The number of methoxy groups -OCH3 is 2. The van der Waals surface area contributed by atoms with Crippen molar-refractivity contribution < 1.29 is 23.8 Å². The molecule has 0 unspecified atom stereocenters. The number of rotatable bonds is 6. The summed E-state index contributed by atoms with van der Waals surface area (Å²) < 4.78 is 16.2. The summed E-state index contributed by atoms with van der Waals surface area (Å²) >= 11 is 0. The molecule has 0 saturated heterocycles. The highest BCUT2D eigenvalue weighted by molar-refractivity contribution is 5.95. The number of carbonyl (C=O) groups is 2. The summed E-state index contributed by atoms with van der Waals surface area (Å²) in [5.41, 5.74) is 2.26. The number of amides is 2. The van der Waals surface area contributed by atoms with E-state index in [-0.39, 0.29) is 6.61 Å². The van der Waals surface area contributed by atoms with Crippen LogP contribution in [0.4, 0.5) is 4.79 Å². The Morgan fingerprint density at radius 2 is 1.82 bits per heavy atom. The highest BCUT2D eigenvalue weighted by atomic mass is 16.5. The van der Waals surface area contributed by atoms with Gasteiger partial charge < -0.3 is 24.8 Å². The van der Waals surface area contributed by atoms with Crippen LogP contribution in [0.1, 0.15) is 24.1 Å². The van der Waals surface area contributed by atoms with Gasteiger partial charge in [-0.2, -0.15) is 0 Å². The lowest BCUT2D eigenvalue weighted by Gasteiger charge is -2.29. The van der Waals surface area contributed by atoms with Crippen LogP contribution in [0.2, 0.25) is 0 Å². The first-order chi connectivity index (χ1) is 13.5. The largest absolute Gasteiger partial charge is 0.497 e. The van der Waals surface area contributed by atoms with Crippen LogP contribution in [-0.4, -0.2) is 26.2 Å². The molecule has 2 amide bonds. The molecule has 1 heterocycles. The molecule has 2 N–H and O–H groups in total. The molecule has 2 aromatic carbocycles. The third kappa shape index (κ3) is 4.09. The third-order valence-electron chi connectivity index (χ3n) is 4.45. The van der Waals surface area contributed by atoms with Crippen LogP contribution in [0.25, 0.3) is 0 Å². The average molecular weight is 382 g/mol. The maximum absolute atomic E-state index is 12.9. The first kappa shape index (κ1) is 19.3. The Kier molecular flexibility index (Phi) is 5.84. The molecule has 1 aliphatic rings. The minimum absolute atomic E-state index is 0.136. The monoisotopic (exact) mass is 382 g/mol.